The minimum Gasteiger partial charge on any atom is -0.333 e. The summed E-state index contributed by atoms with van der Waals surface area (Å²) in [7, 11) is 0. The van der Waals surface area contributed by atoms with Gasteiger partial charge >= 0.3 is 0 Å². The Morgan fingerprint density at radius 3 is 2.62 bits per heavy atom. The van der Waals surface area contributed by atoms with E-state index < -0.39 is 0 Å². The monoisotopic (exact) mass is 181 g/mol. The van der Waals surface area contributed by atoms with Gasteiger partial charge < -0.3 is 10.3 Å². The minimum absolute atomic E-state index is 0.0600. The molecule has 74 valence electrons. The first-order chi connectivity index (χ1) is 5.90. The van der Waals surface area contributed by atoms with Gasteiger partial charge in [-0.3, -0.25) is 0 Å². The second kappa shape index (κ2) is 3.50. The number of imidazole rings is 1. The maximum absolute atomic E-state index is 5.82. The van der Waals surface area contributed by atoms with E-state index in [1.807, 2.05) is 19.4 Å². The summed E-state index contributed by atoms with van der Waals surface area (Å²) >= 11 is 0. The van der Waals surface area contributed by atoms with Gasteiger partial charge in [-0.25, -0.2) is 4.98 Å². The van der Waals surface area contributed by atoms with Crippen LogP contribution in [-0.4, -0.2) is 9.55 Å². The van der Waals surface area contributed by atoms with E-state index in [0.717, 1.165) is 12.2 Å². The average molecular weight is 181 g/mol. The molecule has 1 rings (SSSR count). The van der Waals surface area contributed by atoms with E-state index >= 15 is 0 Å². The molecule has 0 radical (unpaired) electrons. The predicted octanol–water partition coefficient (Wildman–Crippen LogP) is 1.95. The fraction of sp³-hybridized carbons (Fsp3) is 0.700. The van der Waals surface area contributed by atoms with E-state index in [2.05, 4.69) is 30.3 Å². The molecule has 1 atom stereocenters. The van der Waals surface area contributed by atoms with Crippen molar-refractivity contribution in [1.29, 1.82) is 0 Å². The van der Waals surface area contributed by atoms with E-state index in [9.17, 15) is 0 Å². The van der Waals surface area contributed by atoms with Gasteiger partial charge in [-0.15, -0.1) is 0 Å². The summed E-state index contributed by atoms with van der Waals surface area (Å²) in [5.74, 6) is 0. The topological polar surface area (TPSA) is 43.8 Å². The molecule has 0 amide bonds. The highest BCUT2D eigenvalue weighted by Crippen LogP contribution is 2.19. The Bertz CT molecular complexity index is 268. The van der Waals surface area contributed by atoms with Crippen molar-refractivity contribution in [3.8, 4) is 0 Å². The lowest BCUT2D eigenvalue weighted by Crippen LogP contribution is -2.19. The second-order valence-electron chi connectivity index (χ2n) is 4.80. The molecule has 3 nitrogen and oxygen atoms in total. The molecule has 2 N–H and O–H groups in total. The second-order valence-corrected chi connectivity index (χ2v) is 4.80. The molecule has 1 unspecified atom stereocenters. The zero-order valence-corrected chi connectivity index (χ0v) is 8.91. The molecule has 0 saturated carbocycles. The van der Waals surface area contributed by atoms with Gasteiger partial charge in [0, 0.05) is 18.8 Å². The Morgan fingerprint density at radius 2 is 2.15 bits per heavy atom. The first-order valence-corrected chi connectivity index (χ1v) is 4.66. The van der Waals surface area contributed by atoms with Crippen LogP contribution in [0, 0.1) is 5.41 Å². The van der Waals surface area contributed by atoms with E-state index in [1.165, 1.54) is 0 Å². The van der Waals surface area contributed by atoms with Crippen LogP contribution in [-0.2, 0) is 6.54 Å². The summed E-state index contributed by atoms with van der Waals surface area (Å²) in [5, 5.41) is 0. The summed E-state index contributed by atoms with van der Waals surface area (Å²) < 4.78 is 2.13. The highest BCUT2D eigenvalue weighted by Gasteiger charge is 2.14. The van der Waals surface area contributed by atoms with Crippen LogP contribution in [0.4, 0.5) is 0 Å². The predicted molar refractivity (Wildman–Crippen MR) is 54.3 cm³/mol. The van der Waals surface area contributed by atoms with Crippen LogP contribution in [0.2, 0.25) is 0 Å². The Balaban J connectivity index is 2.83. The van der Waals surface area contributed by atoms with Gasteiger partial charge in [0.05, 0.1) is 12.0 Å². The molecular formula is C10H19N3. The maximum atomic E-state index is 5.82. The Kier molecular flexibility index (Phi) is 2.76. The Labute approximate surface area is 80.0 Å². The summed E-state index contributed by atoms with van der Waals surface area (Å²) in [6, 6.07) is 0.0600. The number of hydrogen-bond donors (Lipinski definition) is 1. The van der Waals surface area contributed by atoms with Gasteiger partial charge in [0.15, 0.2) is 0 Å². The lowest BCUT2D eigenvalue weighted by atomic mass is 9.96. The van der Waals surface area contributed by atoms with Crippen molar-refractivity contribution in [3.63, 3.8) is 0 Å². The smallest absolute Gasteiger partial charge is 0.0948 e. The van der Waals surface area contributed by atoms with Crippen LogP contribution in [0.25, 0.3) is 0 Å². The van der Waals surface area contributed by atoms with Crippen LogP contribution >= 0.6 is 0 Å². The van der Waals surface area contributed by atoms with Crippen molar-refractivity contribution in [1.82, 2.24) is 9.55 Å². The molecule has 1 aromatic rings. The first-order valence-electron chi connectivity index (χ1n) is 4.66. The van der Waals surface area contributed by atoms with E-state index in [-0.39, 0.29) is 11.5 Å². The van der Waals surface area contributed by atoms with Gasteiger partial charge in [0.2, 0.25) is 0 Å². The lowest BCUT2D eigenvalue weighted by Gasteiger charge is -2.21. The number of hydrogen-bond acceptors (Lipinski definition) is 2. The molecule has 0 saturated heterocycles. The van der Waals surface area contributed by atoms with Crippen LogP contribution < -0.4 is 5.73 Å². The highest BCUT2D eigenvalue weighted by atomic mass is 15.1. The molecule has 3 heteroatoms. The minimum atomic E-state index is 0.0600. The zero-order chi connectivity index (χ0) is 10.1. The molecule has 1 heterocycles. The van der Waals surface area contributed by atoms with Gasteiger partial charge in [0.25, 0.3) is 0 Å². The summed E-state index contributed by atoms with van der Waals surface area (Å²) in [6.07, 6.45) is 3.69. The average Bonchev–Trinajstić information content (AvgIpc) is 2.31. The number of nitrogens with zero attached hydrogens (tertiary/aromatic N) is 2. The largest absolute Gasteiger partial charge is 0.333 e. The molecule has 0 spiro atoms. The fourth-order valence-electron chi connectivity index (χ4n) is 1.35. The summed E-state index contributed by atoms with van der Waals surface area (Å²) in [4.78, 5) is 4.11. The van der Waals surface area contributed by atoms with Crippen LogP contribution in [0.15, 0.2) is 12.5 Å². The first kappa shape index (κ1) is 10.3. The fourth-order valence-corrected chi connectivity index (χ4v) is 1.35. The van der Waals surface area contributed by atoms with Gasteiger partial charge in [-0.1, -0.05) is 20.8 Å². The molecule has 13 heavy (non-hydrogen) atoms. The molecule has 0 aromatic carbocycles. The van der Waals surface area contributed by atoms with E-state index in [0.29, 0.717) is 0 Å². The lowest BCUT2D eigenvalue weighted by molar-refractivity contribution is 0.336. The summed E-state index contributed by atoms with van der Waals surface area (Å²) in [5.41, 5.74) is 7.19. The number of nitrogens with two attached hydrogens (primary N) is 1. The molecule has 1 aromatic heterocycles. The van der Waals surface area contributed by atoms with Gasteiger partial charge in [0.1, 0.15) is 0 Å². The number of rotatable bonds is 2. The van der Waals surface area contributed by atoms with Crippen molar-refractivity contribution in [2.45, 2.75) is 40.3 Å². The van der Waals surface area contributed by atoms with Gasteiger partial charge in [-0.2, -0.15) is 0 Å². The van der Waals surface area contributed by atoms with Crippen molar-refractivity contribution in [2.24, 2.45) is 11.1 Å². The molecule has 0 aliphatic rings. The zero-order valence-electron chi connectivity index (χ0n) is 8.91. The van der Waals surface area contributed by atoms with Gasteiger partial charge in [-0.05, 0) is 12.3 Å². The van der Waals surface area contributed by atoms with Crippen molar-refractivity contribution in [3.05, 3.63) is 18.2 Å². The third-order valence-electron chi connectivity index (χ3n) is 1.86. The highest BCUT2D eigenvalue weighted by molar-refractivity contribution is 5.03. The molecular weight excluding hydrogens is 162 g/mol. The third kappa shape index (κ3) is 2.84. The van der Waals surface area contributed by atoms with E-state index in [4.69, 9.17) is 5.73 Å². The quantitative estimate of drug-likeness (QED) is 0.757. The van der Waals surface area contributed by atoms with Crippen molar-refractivity contribution >= 4 is 0 Å². The van der Waals surface area contributed by atoms with Crippen LogP contribution in [0.3, 0.4) is 0 Å². The summed E-state index contributed by atoms with van der Waals surface area (Å²) in [6.45, 7) is 9.56. The van der Waals surface area contributed by atoms with Crippen molar-refractivity contribution < 1.29 is 0 Å². The molecule has 0 aliphatic carbocycles. The number of aromatic nitrogens is 2. The standard InChI is InChI=1S/C10H19N3/c1-8(11)9-5-12-7-13(9)6-10(2,3)4/h5,7-8H,6,11H2,1-4H3. The van der Waals surface area contributed by atoms with Crippen LogP contribution in [0.5, 0.6) is 0 Å². The SMILES string of the molecule is CC(N)c1cncn1CC(C)(C)C. The maximum Gasteiger partial charge on any atom is 0.0948 e. The Hall–Kier alpha value is -0.830. The van der Waals surface area contributed by atoms with E-state index in [1.54, 1.807) is 0 Å². The Morgan fingerprint density at radius 1 is 1.54 bits per heavy atom. The van der Waals surface area contributed by atoms with Crippen LogP contribution in [0.1, 0.15) is 39.4 Å². The molecule has 0 fully saturated rings. The third-order valence-corrected chi connectivity index (χ3v) is 1.86. The molecule has 0 bridgehead atoms. The molecule has 0 aliphatic heterocycles. The van der Waals surface area contributed by atoms with Crippen molar-refractivity contribution in [2.75, 3.05) is 0 Å². The normalized spacial score (nSPS) is 14.5.